The van der Waals surface area contributed by atoms with Gasteiger partial charge in [-0.25, -0.2) is 9.79 Å². The molecule has 2 aliphatic rings. The van der Waals surface area contributed by atoms with E-state index in [9.17, 15) is 14.4 Å². The molecule has 25 heavy (non-hydrogen) atoms. The first-order chi connectivity index (χ1) is 11.8. The van der Waals surface area contributed by atoms with Gasteiger partial charge in [-0.1, -0.05) is 0 Å². The van der Waals surface area contributed by atoms with E-state index in [1.807, 2.05) is 14.1 Å². The summed E-state index contributed by atoms with van der Waals surface area (Å²) in [5.74, 6) is 0.568. The molecular weight excluding hydrogens is 324 g/mol. The van der Waals surface area contributed by atoms with E-state index in [0.717, 1.165) is 0 Å². The Hall–Kier alpha value is -2.42. The van der Waals surface area contributed by atoms with Crippen molar-refractivity contribution in [2.24, 2.45) is 4.99 Å². The number of aromatic nitrogens is 2. The monoisotopic (exact) mass is 348 g/mol. The van der Waals surface area contributed by atoms with E-state index >= 15 is 0 Å². The van der Waals surface area contributed by atoms with Crippen molar-refractivity contribution < 1.29 is 4.79 Å². The number of aliphatic imine (C=N–C) groups is 1. The maximum Gasteiger partial charge on any atom is 0.328 e. The van der Waals surface area contributed by atoms with E-state index in [1.54, 1.807) is 11.8 Å². The number of carbonyl (C=O) groups excluding carboxylic acids is 1. The minimum Gasteiger partial charge on any atom is -0.349 e. The summed E-state index contributed by atoms with van der Waals surface area (Å²) >= 11 is 0. The average Bonchev–Trinajstić information content (AvgIpc) is 2.85. The average molecular weight is 348 g/mol. The number of piperidine rings is 1. The molecule has 0 bridgehead atoms. The minimum atomic E-state index is -0.672. The number of amides is 1. The molecule has 0 radical (unpaired) electrons. The summed E-state index contributed by atoms with van der Waals surface area (Å²) < 4.78 is 1.21. The number of H-pyrrole nitrogens is 1. The number of hydrogen-bond acceptors (Lipinski definition) is 6. The third-order valence-electron chi connectivity index (χ3n) is 4.87. The summed E-state index contributed by atoms with van der Waals surface area (Å²) in [5.41, 5.74) is -0.777. The smallest absolute Gasteiger partial charge is 0.328 e. The van der Waals surface area contributed by atoms with Gasteiger partial charge in [0.25, 0.3) is 11.5 Å². The number of likely N-dealkylation sites (tertiary alicyclic amines) is 1. The van der Waals surface area contributed by atoms with Gasteiger partial charge in [0.1, 0.15) is 5.54 Å². The zero-order chi connectivity index (χ0) is 18.2. The van der Waals surface area contributed by atoms with Gasteiger partial charge < -0.3 is 14.8 Å². The Kier molecular flexibility index (Phi) is 4.51. The molecule has 1 saturated heterocycles. The van der Waals surface area contributed by atoms with E-state index in [-0.39, 0.29) is 17.2 Å². The van der Waals surface area contributed by atoms with Crippen molar-refractivity contribution in [1.29, 1.82) is 0 Å². The fourth-order valence-corrected chi connectivity index (χ4v) is 3.29. The molecule has 1 fully saturated rings. The van der Waals surface area contributed by atoms with E-state index in [1.165, 1.54) is 10.6 Å². The van der Waals surface area contributed by atoms with Gasteiger partial charge in [-0.3, -0.25) is 19.5 Å². The van der Waals surface area contributed by atoms with Crippen molar-refractivity contribution in [2.45, 2.75) is 31.8 Å². The van der Waals surface area contributed by atoms with Gasteiger partial charge in [0.05, 0.1) is 0 Å². The van der Waals surface area contributed by atoms with Gasteiger partial charge in [0.2, 0.25) is 5.96 Å². The number of aryl methyl sites for hydroxylation is 1. The maximum absolute atomic E-state index is 12.3. The largest absolute Gasteiger partial charge is 0.349 e. The van der Waals surface area contributed by atoms with Gasteiger partial charge in [-0.05, 0) is 19.8 Å². The second-order valence-corrected chi connectivity index (χ2v) is 6.90. The molecule has 0 unspecified atom stereocenters. The summed E-state index contributed by atoms with van der Waals surface area (Å²) in [6.07, 6.45) is 1.27. The normalized spacial score (nSPS) is 19.8. The summed E-state index contributed by atoms with van der Waals surface area (Å²) in [6, 6.07) is 1.42. The first-order valence-electron chi connectivity index (χ1n) is 8.42. The van der Waals surface area contributed by atoms with Gasteiger partial charge >= 0.3 is 5.69 Å². The number of carbonyl (C=O) groups is 1. The quantitative estimate of drug-likeness (QED) is 0.709. The molecule has 1 aromatic rings. The molecule has 3 heterocycles. The van der Waals surface area contributed by atoms with E-state index in [2.05, 4.69) is 20.2 Å². The zero-order valence-electron chi connectivity index (χ0n) is 14.8. The number of rotatable bonds is 3. The molecule has 0 aromatic carbocycles. The number of hydrogen-bond donors (Lipinski definition) is 2. The Bertz CT molecular complexity index is 783. The van der Waals surface area contributed by atoms with Gasteiger partial charge in [0, 0.05) is 52.0 Å². The Balaban J connectivity index is 1.62. The Morgan fingerprint density at radius 2 is 1.88 bits per heavy atom. The van der Waals surface area contributed by atoms with Crippen LogP contribution in [-0.2, 0) is 11.3 Å². The molecule has 0 saturated carbocycles. The summed E-state index contributed by atoms with van der Waals surface area (Å²) in [5, 5.41) is 2.83. The molecule has 0 atom stereocenters. The third-order valence-corrected chi connectivity index (χ3v) is 4.87. The highest BCUT2D eigenvalue weighted by Gasteiger charge is 2.46. The number of nitrogens with zero attached hydrogens (tertiary/aromatic N) is 4. The summed E-state index contributed by atoms with van der Waals surface area (Å²) in [6.45, 7) is 4.02. The highest BCUT2D eigenvalue weighted by atomic mass is 16.2. The molecule has 2 N–H and O–H groups in total. The number of nitrogens with one attached hydrogen (secondary N) is 2. The summed E-state index contributed by atoms with van der Waals surface area (Å²) in [4.78, 5) is 47.3. The van der Waals surface area contributed by atoms with Crippen LogP contribution in [0.4, 0.5) is 0 Å². The third kappa shape index (κ3) is 3.37. The molecule has 1 amide bonds. The lowest BCUT2D eigenvalue weighted by Gasteiger charge is -2.35. The number of guanidine groups is 1. The van der Waals surface area contributed by atoms with Gasteiger partial charge in [-0.15, -0.1) is 0 Å². The topological polar surface area (TPSA) is 103 Å². The molecule has 1 spiro atoms. The second kappa shape index (κ2) is 6.47. The molecule has 1 aromatic heterocycles. The number of aromatic amines is 1. The lowest BCUT2D eigenvalue weighted by molar-refractivity contribution is -0.125. The van der Waals surface area contributed by atoms with Crippen molar-refractivity contribution in [2.75, 3.05) is 33.7 Å². The van der Waals surface area contributed by atoms with Crippen LogP contribution >= 0.6 is 0 Å². The Labute approximate surface area is 145 Å². The van der Waals surface area contributed by atoms with Crippen molar-refractivity contribution in [3.63, 3.8) is 0 Å². The van der Waals surface area contributed by atoms with Crippen LogP contribution in [0.3, 0.4) is 0 Å². The SMILES string of the molecule is Cc1cc(=O)n(CCN2CCC3(CC2)N=C(N(C)C)NC3=O)c(=O)[nH]1. The first-order valence-corrected chi connectivity index (χ1v) is 8.42. The van der Waals surface area contributed by atoms with Crippen molar-refractivity contribution >= 4 is 11.9 Å². The highest BCUT2D eigenvalue weighted by Crippen LogP contribution is 2.30. The standard InChI is InChI=1S/C16H24N6O3/c1-11-10-12(23)22(15(25)17-11)9-8-21-6-4-16(5-7-21)13(24)18-14(19-16)20(2)3/h10H,4-9H2,1-3H3,(H,17,25)(H,18,19,24). The van der Waals surface area contributed by atoms with Crippen molar-refractivity contribution in [3.05, 3.63) is 32.6 Å². The lowest BCUT2D eigenvalue weighted by atomic mass is 9.88. The lowest BCUT2D eigenvalue weighted by Crippen LogP contribution is -2.50. The van der Waals surface area contributed by atoms with Crippen LogP contribution in [-0.4, -0.2) is 70.5 Å². The van der Waals surface area contributed by atoms with Crippen LogP contribution in [0.25, 0.3) is 0 Å². The highest BCUT2D eigenvalue weighted by molar-refractivity contribution is 6.07. The van der Waals surface area contributed by atoms with Gasteiger partial charge in [-0.2, -0.15) is 0 Å². The van der Waals surface area contributed by atoms with Crippen LogP contribution in [0.5, 0.6) is 0 Å². The Morgan fingerprint density at radius 3 is 2.44 bits per heavy atom. The molecule has 136 valence electrons. The fourth-order valence-electron chi connectivity index (χ4n) is 3.29. The van der Waals surface area contributed by atoms with Crippen LogP contribution < -0.4 is 16.6 Å². The molecule has 9 heteroatoms. The van der Waals surface area contributed by atoms with Gasteiger partial charge in [0.15, 0.2) is 0 Å². The molecule has 2 aliphatic heterocycles. The maximum atomic E-state index is 12.3. The first kappa shape index (κ1) is 17.4. The van der Waals surface area contributed by atoms with E-state index in [4.69, 9.17) is 0 Å². The van der Waals surface area contributed by atoms with Crippen molar-refractivity contribution in [1.82, 2.24) is 24.7 Å². The molecule has 9 nitrogen and oxygen atoms in total. The van der Waals surface area contributed by atoms with Crippen LogP contribution in [0.1, 0.15) is 18.5 Å². The van der Waals surface area contributed by atoms with Crippen LogP contribution in [0.2, 0.25) is 0 Å². The molecule has 0 aliphatic carbocycles. The second-order valence-electron chi connectivity index (χ2n) is 6.90. The Morgan fingerprint density at radius 1 is 1.20 bits per heavy atom. The van der Waals surface area contributed by atoms with E-state index < -0.39 is 5.54 Å². The zero-order valence-corrected chi connectivity index (χ0v) is 14.8. The predicted molar refractivity (Wildman–Crippen MR) is 93.7 cm³/mol. The molecular formula is C16H24N6O3. The van der Waals surface area contributed by atoms with Crippen molar-refractivity contribution in [3.8, 4) is 0 Å². The summed E-state index contributed by atoms with van der Waals surface area (Å²) in [7, 11) is 3.70. The van der Waals surface area contributed by atoms with Crippen LogP contribution in [0.15, 0.2) is 20.6 Å². The van der Waals surface area contributed by atoms with Crippen LogP contribution in [0, 0.1) is 6.92 Å². The molecule has 3 rings (SSSR count). The van der Waals surface area contributed by atoms with E-state index in [0.29, 0.717) is 50.7 Å². The predicted octanol–water partition coefficient (Wildman–Crippen LogP) is -1.27. The fraction of sp³-hybridized carbons (Fsp3) is 0.625. The minimum absolute atomic E-state index is 0.0398.